The fraction of sp³-hybridized carbons (Fsp3) is 0.791. The Morgan fingerprint density at radius 2 is 0.989 bits per heavy atom. The second-order valence-corrected chi connectivity index (χ2v) is 27.9. The Balaban J connectivity index is 4.27. The zero-order chi connectivity index (χ0) is 70.4. The number of Topliss-reactive ketones (excluding diaryl/α,β-unsaturated/α-hetero) is 1. The summed E-state index contributed by atoms with van der Waals surface area (Å²) >= 11 is 0. The van der Waals surface area contributed by atoms with Crippen LogP contribution in [-0.2, 0) is 57.5 Å². The Kier molecular flexibility index (Phi) is 35.0. The standard InChI is InChI=1S/C67H119N11O13/c1-25-48-57(81)44(14)45(15)62(86)74(20)50(34-39(4)5)61(85)71-55(42(10)11)66(90)75(21)49(33-38(2)3)60(84)69-46(16)58(82)68-37-54(80)73(19)51(35-40(6)7)64(88)76(22)52(36-41(8)9)65(89)77(23)56(43(12)13)67(91)78(24)63(87)47(59(83)70-48)31-29-27-26-28-30-32-53(79)72(17)18/h27,29,38-52,55-56,63,87H,25-26,28,30-37H2,1-24H3,(H,68,82)(H,69,84)(H,70,83)(H,71,85)/b29-27+. The lowest BCUT2D eigenvalue weighted by Crippen LogP contribution is -2.61. The second kappa shape index (κ2) is 38.5. The molecule has 1 rings (SSSR count). The van der Waals surface area contributed by atoms with Gasteiger partial charge < -0.3 is 60.7 Å². The Hall–Kier alpha value is -6.46. The van der Waals surface area contributed by atoms with E-state index in [2.05, 4.69) is 21.3 Å². The third-order valence-corrected chi connectivity index (χ3v) is 17.5. The van der Waals surface area contributed by atoms with Crippen LogP contribution in [0.2, 0.25) is 0 Å². The van der Waals surface area contributed by atoms with Gasteiger partial charge in [0.1, 0.15) is 48.5 Å². The van der Waals surface area contributed by atoms with E-state index in [0.717, 1.165) is 4.90 Å². The van der Waals surface area contributed by atoms with Crippen molar-refractivity contribution in [2.45, 2.75) is 230 Å². The van der Waals surface area contributed by atoms with Gasteiger partial charge in [-0.2, -0.15) is 0 Å². The van der Waals surface area contributed by atoms with E-state index in [4.69, 9.17) is 0 Å². The zero-order valence-electron chi connectivity index (χ0n) is 59.8. The number of ketones is 1. The molecule has 1 aliphatic heterocycles. The number of hydrogen-bond donors (Lipinski definition) is 5. The first-order chi connectivity index (χ1) is 42.1. The van der Waals surface area contributed by atoms with Crippen LogP contribution in [0, 0.1) is 53.3 Å². The number of unbranched alkanes of at least 4 members (excludes halogenated alkanes) is 2. The van der Waals surface area contributed by atoms with Crippen LogP contribution >= 0.6 is 0 Å². The number of carbonyl (C=O) groups is 12. The monoisotopic (exact) mass is 1290 g/mol. The highest BCUT2D eigenvalue weighted by atomic mass is 16.3. The molecule has 1 fully saturated rings. The van der Waals surface area contributed by atoms with Gasteiger partial charge in [0.2, 0.25) is 65.0 Å². The lowest BCUT2D eigenvalue weighted by molar-refractivity contribution is -0.160. The molecule has 0 bridgehead atoms. The van der Waals surface area contributed by atoms with Crippen LogP contribution in [0.5, 0.6) is 0 Å². The summed E-state index contributed by atoms with van der Waals surface area (Å²) in [4.78, 5) is 181. The van der Waals surface area contributed by atoms with Gasteiger partial charge in [-0.15, -0.1) is 0 Å². The van der Waals surface area contributed by atoms with Crippen molar-refractivity contribution in [3.05, 3.63) is 12.2 Å². The zero-order valence-corrected chi connectivity index (χ0v) is 59.8. The molecule has 0 aromatic carbocycles. The molecule has 5 N–H and O–H groups in total. The fourth-order valence-corrected chi connectivity index (χ4v) is 11.3. The quantitative estimate of drug-likeness (QED) is 0.0937. The molecular formula is C67H119N11O13. The Morgan fingerprint density at radius 3 is 1.46 bits per heavy atom. The van der Waals surface area contributed by atoms with Gasteiger partial charge in [-0.1, -0.05) is 116 Å². The number of likely N-dealkylation sites (N-methyl/N-ethyl adjacent to an activating group) is 6. The Bertz CT molecular complexity index is 2500. The number of nitrogens with one attached hydrogen (secondary N) is 4. The summed E-state index contributed by atoms with van der Waals surface area (Å²) in [5.74, 6) is -12.3. The number of nitrogens with zero attached hydrogens (tertiary/aromatic N) is 7. The van der Waals surface area contributed by atoms with Crippen molar-refractivity contribution in [2.24, 2.45) is 53.3 Å². The lowest BCUT2D eigenvalue weighted by atomic mass is 9.85. The summed E-state index contributed by atoms with van der Waals surface area (Å²) in [6.07, 6.45) is 4.37. The highest BCUT2D eigenvalue weighted by Crippen LogP contribution is 2.27. The van der Waals surface area contributed by atoms with Crippen molar-refractivity contribution in [2.75, 3.05) is 62.9 Å². The predicted octanol–water partition coefficient (Wildman–Crippen LogP) is 4.46. The Labute approximate surface area is 544 Å². The minimum absolute atomic E-state index is 0.0173. The van der Waals surface area contributed by atoms with Crippen LogP contribution in [-0.4, -0.2) is 228 Å². The highest BCUT2D eigenvalue weighted by Gasteiger charge is 2.45. The van der Waals surface area contributed by atoms with E-state index in [1.54, 1.807) is 68.6 Å². The molecule has 0 aromatic heterocycles. The van der Waals surface area contributed by atoms with Gasteiger partial charge in [0.15, 0.2) is 5.78 Å². The topological polar surface area (TPSA) is 296 Å². The maximum Gasteiger partial charge on any atom is 0.247 e. The number of amides is 11. The largest absolute Gasteiger partial charge is 0.373 e. The molecule has 1 saturated heterocycles. The number of carbonyl (C=O) groups excluding carboxylic acids is 12. The molecule has 12 unspecified atom stereocenters. The predicted molar refractivity (Wildman–Crippen MR) is 352 cm³/mol. The third-order valence-electron chi connectivity index (χ3n) is 17.5. The summed E-state index contributed by atoms with van der Waals surface area (Å²) in [6.45, 7) is 27.5. The maximum atomic E-state index is 15.1. The summed E-state index contributed by atoms with van der Waals surface area (Å²) in [6, 6.07) is -9.39. The molecule has 24 heteroatoms. The third kappa shape index (κ3) is 24.5. The van der Waals surface area contributed by atoms with Gasteiger partial charge in [0, 0.05) is 74.6 Å². The van der Waals surface area contributed by atoms with E-state index in [1.807, 2.05) is 61.5 Å². The van der Waals surface area contributed by atoms with Gasteiger partial charge >= 0.3 is 0 Å². The van der Waals surface area contributed by atoms with Gasteiger partial charge in [-0.25, -0.2) is 0 Å². The first-order valence-electron chi connectivity index (χ1n) is 32.9. The molecule has 0 aliphatic carbocycles. The van der Waals surface area contributed by atoms with Crippen molar-refractivity contribution < 1.29 is 62.6 Å². The van der Waals surface area contributed by atoms with Gasteiger partial charge in [-0.05, 0) is 100 Å². The van der Waals surface area contributed by atoms with Crippen molar-refractivity contribution in [1.29, 1.82) is 0 Å². The maximum absolute atomic E-state index is 15.1. The summed E-state index contributed by atoms with van der Waals surface area (Å²) in [5, 5.41) is 23.3. The molecule has 0 radical (unpaired) electrons. The van der Waals surface area contributed by atoms with Crippen molar-refractivity contribution in [1.82, 2.24) is 55.6 Å². The van der Waals surface area contributed by atoms with Gasteiger partial charge in [0.25, 0.3) is 0 Å². The van der Waals surface area contributed by atoms with Crippen molar-refractivity contribution in [3.63, 3.8) is 0 Å². The molecule has 520 valence electrons. The van der Waals surface area contributed by atoms with Crippen LogP contribution < -0.4 is 21.3 Å². The number of rotatable bonds is 18. The normalized spacial score (nSPS) is 26.9. The number of aliphatic hydroxyl groups excluding tert-OH is 1. The first-order valence-corrected chi connectivity index (χ1v) is 32.9. The minimum atomic E-state index is -1.83. The molecule has 12 atom stereocenters. The minimum Gasteiger partial charge on any atom is -0.373 e. The van der Waals surface area contributed by atoms with E-state index in [9.17, 15) is 57.8 Å². The molecule has 1 aliphatic rings. The molecule has 0 saturated carbocycles. The SMILES string of the molecule is CCC1NC(=O)C(C/C=C/CCCCC(=O)N(C)C)C(O)N(C)C(=O)C(C(C)C)N(C)C(=O)C(CC(C)C)N(C)C(=O)C(CC(C)C)N(C)C(=O)CNC(=O)C(C)NC(=O)C(CC(C)C)N(C)C(=O)C(C(C)C)NC(=O)C(CC(C)C)N(C)C(=O)C(C)C(C)C1=O. The number of allylic oxidation sites excluding steroid dienone is 2. The Morgan fingerprint density at radius 1 is 0.527 bits per heavy atom. The molecule has 0 spiro atoms. The van der Waals surface area contributed by atoms with E-state index >= 15 is 4.79 Å². The molecule has 91 heavy (non-hydrogen) atoms. The summed E-state index contributed by atoms with van der Waals surface area (Å²) in [5.41, 5.74) is 0. The molecular weight excluding hydrogens is 1170 g/mol. The molecule has 0 aromatic rings. The van der Waals surface area contributed by atoms with Crippen molar-refractivity contribution >= 4 is 70.8 Å². The molecule has 1 heterocycles. The van der Waals surface area contributed by atoms with E-state index in [0.29, 0.717) is 25.7 Å². The van der Waals surface area contributed by atoms with Crippen molar-refractivity contribution in [3.8, 4) is 0 Å². The first kappa shape index (κ1) is 82.6. The highest BCUT2D eigenvalue weighted by molar-refractivity contribution is 5.99. The number of hydrogen-bond acceptors (Lipinski definition) is 13. The van der Waals surface area contributed by atoms with Crippen LogP contribution in [0.25, 0.3) is 0 Å². The van der Waals surface area contributed by atoms with Crippen LogP contribution in [0.4, 0.5) is 0 Å². The fourth-order valence-electron chi connectivity index (χ4n) is 11.3. The average Bonchev–Trinajstić information content (AvgIpc) is 1.05. The van der Waals surface area contributed by atoms with Crippen LogP contribution in [0.3, 0.4) is 0 Å². The lowest BCUT2D eigenvalue weighted by Gasteiger charge is -2.40. The van der Waals surface area contributed by atoms with E-state index in [1.165, 1.54) is 78.6 Å². The summed E-state index contributed by atoms with van der Waals surface area (Å²) in [7, 11) is 11.9. The van der Waals surface area contributed by atoms with Crippen LogP contribution in [0.15, 0.2) is 12.2 Å². The smallest absolute Gasteiger partial charge is 0.247 e. The van der Waals surface area contributed by atoms with Crippen LogP contribution in [0.1, 0.15) is 175 Å². The van der Waals surface area contributed by atoms with E-state index < -0.39 is 156 Å². The number of aliphatic hydroxyl groups is 1. The average molecular weight is 1290 g/mol. The van der Waals surface area contributed by atoms with Gasteiger partial charge in [-0.3, -0.25) is 57.5 Å². The summed E-state index contributed by atoms with van der Waals surface area (Å²) < 4.78 is 0. The van der Waals surface area contributed by atoms with E-state index in [-0.39, 0.29) is 68.1 Å². The molecule has 24 nitrogen and oxygen atoms in total. The second-order valence-electron chi connectivity index (χ2n) is 27.9. The van der Waals surface area contributed by atoms with Gasteiger partial charge in [0.05, 0.1) is 18.5 Å². The molecule has 11 amide bonds.